The largest absolute Gasteiger partial charge is 0.508 e. The quantitative estimate of drug-likeness (QED) is 0.867. The predicted molar refractivity (Wildman–Crippen MR) is 75.0 cm³/mol. The van der Waals surface area contributed by atoms with Crippen molar-refractivity contribution in [1.29, 1.82) is 0 Å². The minimum atomic E-state index is 0.263. The minimum Gasteiger partial charge on any atom is -0.508 e. The Kier molecular flexibility index (Phi) is 3.67. The number of aromatic hydroxyl groups is 1. The van der Waals surface area contributed by atoms with E-state index in [2.05, 4.69) is 22.1 Å². The second-order valence-corrected chi connectivity index (χ2v) is 4.87. The molecule has 96 valence electrons. The van der Waals surface area contributed by atoms with Crippen molar-refractivity contribution in [3.8, 4) is 5.75 Å². The van der Waals surface area contributed by atoms with Crippen molar-refractivity contribution in [2.45, 2.75) is 13.0 Å². The number of nitrogens with one attached hydrogen (secondary N) is 1. The number of phenolic OH excluding ortho intramolecular Hbond substituents is 1. The zero-order valence-corrected chi connectivity index (χ0v) is 11.0. The van der Waals surface area contributed by atoms with Crippen LogP contribution < -0.4 is 5.32 Å². The first kappa shape index (κ1) is 12.6. The summed E-state index contributed by atoms with van der Waals surface area (Å²) in [6, 6.07) is 7.56. The second kappa shape index (κ2) is 5.23. The summed E-state index contributed by atoms with van der Waals surface area (Å²) in [5, 5.41) is 15.0. The molecule has 1 unspecified atom stereocenters. The summed E-state index contributed by atoms with van der Waals surface area (Å²) in [4.78, 5) is 6.48. The number of anilines is 1. The van der Waals surface area contributed by atoms with E-state index in [0.29, 0.717) is 6.04 Å². The molecule has 0 saturated carbocycles. The molecule has 1 atom stereocenters. The average molecular weight is 245 g/mol. The normalized spacial score (nSPS) is 12.9. The molecule has 4 heteroatoms. The molecule has 0 spiro atoms. The Morgan fingerprint density at radius 1 is 1.33 bits per heavy atom. The number of pyridine rings is 1. The average Bonchev–Trinajstić information content (AvgIpc) is 2.28. The molecule has 0 aliphatic carbocycles. The van der Waals surface area contributed by atoms with Crippen LogP contribution in [-0.2, 0) is 0 Å². The summed E-state index contributed by atoms with van der Waals surface area (Å²) in [6.07, 6.45) is 1.78. The fraction of sp³-hybridized carbons (Fsp3) is 0.357. The minimum absolute atomic E-state index is 0.263. The molecular formula is C14H19N3O. The highest BCUT2D eigenvalue weighted by molar-refractivity contribution is 5.92. The van der Waals surface area contributed by atoms with Crippen molar-refractivity contribution >= 4 is 16.6 Å². The topological polar surface area (TPSA) is 48.4 Å². The van der Waals surface area contributed by atoms with Crippen LogP contribution in [0.3, 0.4) is 0 Å². The maximum atomic E-state index is 9.57. The molecule has 1 aromatic heterocycles. The van der Waals surface area contributed by atoms with Crippen molar-refractivity contribution in [3.05, 3.63) is 30.5 Å². The van der Waals surface area contributed by atoms with Gasteiger partial charge in [-0.2, -0.15) is 0 Å². The van der Waals surface area contributed by atoms with Crippen molar-refractivity contribution in [2.75, 3.05) is 26.0 Å². The molecular weight excluding hydrogens is 226 g/mol. The third-order valence-corrected chi connectivity index (χ3v) is 2.77. The SMILES string of the molecule is CC(CN(C)C)Nc1nccc2ccc(O)cc12. The molecule has 0 aliphatic rings. The molecule has 1 heterocycles. The Bertz CT molecular complexity index is 540. The van der Waals surface area contributed by atoms with Crippen molar-refractivity contribution < 1.29 is 5.11 Å². The van der Waals surface area contributed by atoms with Gasteiger partial charge in [0.05, 0.1) is 0 Å². The van der Waals surface area contributed by atoms with Crippen molar-refractivity contribution in [3.63, 3.8) is 0 Å². The molecule has 0 radical (unpaired) electrons. The van der Waals surface area contributed by atoms with E-state index >= 15 is 0 Å². The molecule has 0 amide bonds. The van der Waals surface area contributed by atoms with Gasteiger partial charge in [0, 0.05) is 24.2 Å². The van der Waals surface area contributed by atoms with Crippen LogP contribution >= 0.6 is 0 Å². The molecule has 0 fully saturated rings. The molecule has 0 bridgehead atoms. The number of benzene rings is 1. The van der Waals surface area contributed by atoms with Gasteiger partial charge >= 0.3 is 0 Å². The van der Waals surface area contributed by atoms with E-state index in [1.165, 1.54) is 0 Å². The zero-order chi connectivity index (χ0) is 13.1. The van der Waals surface area contributed by atoms with Gasteiger partial charge in [-0.1, -0.05) is 6.07 Å². The summed E-state index contributed by atoms with van der Waals surface area (Å²) >= 11 is 0. The summed E-state index contributed by atoms with van der Waals surface area (Å²) in [5.74, 6) is 1.08. The highest BCUT2D eigenvalue weighted by atomic mass is 16.3. The van der Waals surface area contributed by atoms with Crippen LogP contribution in [0.4, 0.5) is 5.82 Å². The molecule has 2 rings (SSSR count). The van der Waals surface area contributed by atoms with E-state index in [0.717, 1.165) is 23.1 Å². The number of phenols is 1. The highest BCUT2D eigenvalue weighted by Crippen LogP contribution is 2.25. The molecule has 0 aliphatic heterocycles. The highest BCUT2D eigenvalue weighted by Gasteiger charge is 2.08. The van der Waals surface area contributed by atoms with E-state index in [4.69, 9.17) is 0 Å². The maximum Gasteiger partial charge on any atom is 0.134 e. The molecule has 0 saturated heterocycles. The number of likely N-dealkylation sites (N-methyl/N-ethyl adjacent to an activating group) is 1. The Balaban J connectivity index is 2.30. The van der Waals surface area contributed by atoms with Gasteiger partial charge < -0.3 is 15.3 Å². The lowest BCUT2D eigenvalue weighted by atomic mass is 10.1. The zero-order valence-electron chi connectivity index (χ0n) is 11.0. The first-order valence-corrected chi connectivity index (χ1v) is 6.05. The fourth-order valence-electron chi connectivity index (χ4n) is 2.10. The van der Waals surface area contributed by atoms with Gasteiger partial charge in [-0.3, -0.25) is 0 Å². The lowest BCUT2D eigenvalue weighted by Crippen LogP contribution is -2.29. The number of nitrogens with zero attached hydrogens (tertiary/aromatic N) is 2. The fourth-order valence-corrected chi connectivity index (χ4v) is 2.10. The van der Waals surface area contributed by atoms with Gasteiger partial charge in [0.15, 0.2) is 0 Å². The summed E-state index contributed by atoms with van der Waals surface area (Å²) in [5.41, 5.74) is 0. The third kappa shape index (κ3) is 2.90. The van der Waals surface area contributed by atoms with Gasteiger partial charge in [-0.25, -0.2) is 4.98 Å². The molecule has 1 aromatic carbocycles. The Morgan fingerprint density at radius 3 is 2.83 bits per heavy atom. The van der Waals surface area contributed by atoms with Gasteiger partial charge in [0.2, 0.25) is 0 Å². The van der Waals surface area contributed by atoms with Crippen LogP contribution in [0, 0.1) is 0 Å². The summed E-state index contributed by atoms with van der Waals surface area (Å²) in [6.45, 7) is 3.04. The molecule has 2 aromatic rings. The Morgan fingerprint density at radius 2 is 2.11 bits per heavy atom. The smallest absolute Gasteiger partial charge is 0.134 e. The monoisotopic (exact) mass is 245 g/mol. The van der Waals surface area contributed by atoms with Crippen LogP contribution in [0.15, 0.2) is 30.5 Å². The van der Waals surface area contributed by atoms with Crippen LogP contribution in [0.25, 0.3) is 10.8 Å². The van der Waals surface area contributed by atoms with Gasteiger partial charge in [0.25, 0.3) is 0 Å². The first-order valence-electron chi connectivity index (χ1n) is 6.05. The van der Waals surface area contributed by atoms with Crippen LogP contribution in [0.1, 0.15) is 6.92 Å². The predicted octanol–water partition coefficient (Wildman–Crippen LogP) is 2.30. The lowest BCUT2D eigenvalue weighted by Gasteiger charge is -2.19. The van der Waals surface area contributed by atoms with Crippen molar-refractivity contribution in [2.24, 2.45) is 0 Å². The standard InChI is InChI=1S/C14H19N3O/c1-10(9-17(2)3)16-14-13-8-12(18)5-4-11(13)6-7-15-14/h4-8,10,18H,9H2,1-3H3,(H,15,16). The summed E-state index contributed by atoms with van der Waals surface area (Å²) < 4.78 is 0. The number of hydrogen-bond acceptors (Lipinski definition) is 4. The first-order chi connectivity index (χ1) is 8.56. The number of aromatic nitrogens is 1. The number of hydrogen-bond donors (Lipinski definition) is 2. The van der Waals surface area contributed by atoms with E-state index in [1.54, 1.807) is 18.3 Å². The maximum absolute atomic E-state index is 9.57. The van der Waals surface area contributed by atoms with E-state index < -0.39 is 0 Å². The van der Waals surface area contributed by atoms with Crippen molar-refractivity contribution in [1.82, 2.24) is 9.88 Å². The molecule has 18 heavy (non-hydrogen) atoms. The Labute approximate surface area is 107 Å². The molecule has 4 nitrogen and oxygen atoms in total. The Hall–Kier alpha value is -1.81. The third-order valence-electron chi connectivity index (χ3n) is 2.77. The van der Waals surface area contributed by atoms with Gasteiger partial charge in [0.1, 0.15) is 11.6 Å². The second-order valence-electron chi connectivity index (χ2n) is 4.87. The summed E-state index contributed by atoms with van der Waals surface area (Å²) in [7, 11) is 4.08. The lowest BCUT2D eigenvalue weighted by molar-refractivity contribution is 0.392. The van der Waals surface area contributed by atoms with Gasteiger partial charge in [-0.05, 0) is 44.6 Å². The van der Waals surface area contributed by atoms with E-state index in [-0.39, 0.29) is 5.75 Å². The van der Waals surface area contributed by atoms with Crippen LogP contribution in [0.2, 0.25) is 0 Å². The van der Waals surface area contributed by atoms with Crippen LogP contribution in [-0.4, -0.2) is 41.7 Å². The number of fused-ring (bicyclic) bond motifs is 1. The number of rotatable bonds is 4. The van der Waals surface area contributed by atoms with E-state index in [9.17, 15) is 5.11 Å². The van der Waals surface area contributed by atoms with E-state index in [1.807, 2.05) is 26.2 Å². The van der Waals surface area contributed by atoms with Gasteiger partial charge in [-0.15, -0.1) is 0 Å². The molecule has 2 N–H and O–H groups in total. The van der Waals surface area contributed by atoms with Crippen LogP contribution in [0.5, 0.6) is 5.75 Å².